The van der Waals surface area contributed by atoms with Gasteiger partial charge in [-0.1, -0.05) is 0 Å². The van der Waals surface area contributed by atoms with Gasteiger partial charge >= 0.3 is 6.18 Å². The molecule has 1 aromatic heterocycles. The number of piperidine rings is 1. The SMILES string of the molecule is Cc1cc(C(F)(F)F)cnc1OCC1[C@H]2CNC[C@@H]12. The first-order chi connectivity index (χ1) is 8.97. The minimum Gasteiger partial charge on any atom is -0.477 e. The van der Waals surface area contributed by atoms with Crippen LogP contribution >= 0.6 is 0 Å². The Bertz CT molecular complexity index is 479. The molecule has 0 aromatic carbocycles. The van der Waals surface area contributed by atoms with E-state index >= 15 is 0 Å². The molecule has 1 aromatic rings. The second-order valence-electron chi connectivity index (χ2n) is 5.30. The molecule has 0 spiro atoms. The Labute approximate surface area is 109 Å². The van der Waals surface area contributed by atoms with E-state index in [2.05, 4.69) is 10.3 Å². The fourth-order valence-electron chi connectivity index (χ4n) is 2.84. The fourth-order valence-corrected chi connectivity index (χ4v) is 2.84. The molecule has 3 nitrogen and oxygen atoms in total. The summed E-state index contributed by atoms with van der Waals surface area (Å²) >= 11 is 0. The molecule has 1 unspecified atom stereocenters. The van der Waals surface area contributed by atoms with Crippen molar-refractivity contribution in [1.82, 2.24) is 10.3 Å². The van der Waals surface area contributed by atoms with Crippen LogP contribution in [0.1, 0.15) is 11.1 Å². The number of nitrogens with one attached hydrogen (secondary N) is 1. The van der Waals surface area contributed by atoms with Crippen molar-refractivity contribution < 1.29 is 17.9 Å². The zero-order valence-corrected chi connectivity index (χ0v) is 10.5. The van der Waals surface area contributed by atoms with Gasteiger partial charge in [-0.25, -0.2) is 4.98 Å². The summed E-state index contributed by atoms with van der Waals surface area (Å²) in [5.74, 6) is 2.19. The summed E-state index contributed by atoms with van der Waals surface area (Å²) in [4.78, 5) is 3.78. The van der Waals surface area contributed by atoms with Crippen LogP contribution in [0.4, 0.5) is 13.2 Å². The number of aryl methyl sites for hydroxylation is 1. The minimum atomic E-state index is -4.35. The summed E-state index contributed by atoms with van der Waals surface area (Å²) in [7, 11) is 0. The van der Waals surface area contributed by atoms with E-state index in [4.69, 9.17) is 4.74 Å². The molecule has 3 rings (SSSR count). The molecule has 0 radical (unpaired) electrons. The molecule has 3 atom stereocenters. The number of hydrogen-bond donors (Lipinski definition) is 1. The first-order valence-electron chi connectivity index (χ1n) is 6.34. The fraction of sp³-hybridized carbons (Fsp3) is 0.615. The van der Waals surface area contributed by atoms with Crippen molar-refractivity contribution in [2.45, 2.75) is 13.1 Å². The van der Waals surface area contributed by atoms with Crippen LogP contribution in [-0.4, -0.2) is 24.7 Å². The van der Waals surface area contributed by atoms with Gasteiger partial charge in [-0.3, -0.25) is 0 Å². The molecule has 2 fully saturated rings. The van der Waals surface area contributed by atoms with Crippen LogP contribution in [-0.2, 0) is 6.18 Å². The predicted octanol–water partition coefficient (Wildman–Crippen LogP) is 2.25. The molecule has 104 valence electrons. The zero-order valence-electron chi connectivity index (χ0n) is 10.5. The Kier molecular flexibility index (Phi) is 2.92. The lowest BCUT2D eigenvalue weighted by atomic mass is 10.2. The molecular formula is C13H15F3N2O. The summed E-state index contributed by atoms with van der Waals surface area (Å²) < 4.78 is 43.0. The lowest BCUT2D eigenvalue weighted by Gasteiger charge is -2.12. The maximum atomic E-state index is 12.5. The largest absolute Gasteiger partial charge is 0.477 e. The van der Waals surface area contributed by atoms with Gasteiger partial charge in [0.25, 0.3) is 0 Å². The van der Waals surface area contributed by atoms with E-state index in [0.717, 1.165) is 25.4 Å². The average Bonchev–Trinajstić information content (AvgIpc) is 2.78. The zero-order chi connectivity index (χ0) is 13.6. The molecule has 1 aliphatic carbocycles. The van der Waals surface area contributed by atoms with Gasteiger partial charge in [-0.2, -0.15) is 13.2 Å². The number of aromatic nitrogens is 1. The Balaban J connectivity index is 1.62. The molecule has 0 amide bonds. The maximum Gasteiger partial charge on any atom is 0.417 e. The molecule has 1 saturated carbocycles. The van der Waals surface area contributed by atoms with Crippen LogP contribution in [0.15, 0.2) is 12.3 Å². The number of hydrogen-bond acceptors (Lipinski definition) is 3. The van der Waals surface area contributed by atoms with Crippen molar-refractivity contribution >= 4 is 0 Å². The van der Waals surface area contributed by atoms with Crippen LogP contribution in [0.25, 0.3) is 0 Å². The quantitative estimate of drug-likeness (QED) is 0.916. The Morgan fingerprint density at radius 1 is 1.37 bits per heavy atom. The lowest BCUT2D eigenvalue weighted by molar-refractivity contribution is -0.137. The van der Waals surface area contributed by atoms with E-state index in [1.54, 1.807) is 6.92 Å². The van der Waals surface area contributed by atoms with Crippen LogP contribution in [0.2, 0.25) is 0 Å². The predicted molar refractivity (Wildman–Crippen MR) is 62.8 cm³/mol. The molecule has 19 heavy (non-hydrogen) atoms. The highest BCUT2D eigenvalue weighted by molar-refractivity contribution is 5.30. The first kappa shape index (κ1) is 12.7. The number of halogens is 3. The summed E-state index contributed by atoms with van der Waals surface area (Å²) in [6.07, 6.45) is -3.52. The minimum absolute atomic E-state index is 0.311. The van der Waals surface area contributed by atoms with E-state index in [1.165, 1.54) is 0 Å². The normalized spacial score (nSPS) is 29.2. The van der Waals surface area contributed by atoms with Crippen molar-refractivity contribution in [3.63, 3.8) is 0 Å². The molecule has 0 bridgehead atoms. The number of fused-ring (bicyclic) bond motifs is 1. The van der Waals surface area contributed by atoms with Crippen molar-refractivity contribution in [2.24, 2.45) is 17.8 Å². The van der Waals surface area contributed by atoms with E-state index in [0.29, 0.717) is 35.8 Å². The third kappa shape index (κ3) is 2.41. The van der Waals surface area contributed by atoms with Crippen LogP contribution in [0, 0.1) is 24.7 Å². The summed E-state index contributed by atoms with van der Waals surface area (Å²) in [6.45, 7) is 4.19. The summed E-state index contributed by atoms with van der Waals surface area (Å²) in [5, 5.41) is 3.29. The lowest BCUT2D eigenvalue weighted by Crippen LogP contribution is -2.18. The Hall–Kier alpha value is -1.30. The number of rotatable bonds is 3. The van der Waals surface area contributed by atoms with E-state index in [9.17, 15) is 13.2 Å². The van der Waals surface area contributed by atoms with Crippen LogP contribution in [0.5, 0.6) is 5.88 Å². The average molecular weight is 272 g/mol. The number of pyridine rings is 1. The van der Waals surface area contributed by atoms with E-state index in [-0.39, 0.29) is 0 Å². The van der Waals surface area contributed by atoms with Crippen molar-refractivity contribution in [3.8, 4) is 5.88 Å². The summed E-state index contributed by atoms with van der Waals surface area (Å²) in [5.41, 5.74) is -0.302. The first-order valence-corrected chi connectivity index (χ1v) is 6.34. The molecule has 1 aliphatic heterocycles. The third-order valence-electron chi connectivity index (χ3n) is 4.04. The molecule has 1 saturated heterocycles. The van der Waals surface area contributed by atoms with Gasteiger partial charge < -0.3 is 10.1 Å². The van der Waals surface area contributed by atoms with Gasteiger partial charge in [0, 0.05) is 17.7 Å². The van der Waals surface area contributed by atoms with Crippen molar-refractivity contribution in [2.75, 3.05) is 19.7 Å². The number of ether oxygens (including phenoxy) is 1. The standard InChI is InChI=1S/C13H15F3N2O/c1-7-2-8(13(14,15)16)3-18-12(7)19-6-11-9-4-17-5-10(9)11/h2-3,9-11,17H,4-6H2,1H3/t9-,10+,11?. The smallest absolute Gasteiger partial charge is 0.417 e. The third-order valence-corrected chi connectivity index (χ3v) is 4.04. The molecule has 2 aliphatic rings. The molecule has 1 N–H and O–H groups in total. The van der Waals surface area contributed by atoms with Gasteiger partial charge in [0.2, 0.25) is 5.88 Å². The molecule has 6 heteroatoms. The van der Waals surface area contributed by atoms with E-state index < -0.39 is 11.7 Å². The van der Waals surface area contributed by atoms with Crippen LogP contribution in [0.3, 0.4) is 0 Å². The molecular weight excluding hydrogens is 257 g/mol. The van der Waals surface area contributed by atoms with Crippen LogP contribution < -0.4 is 10.1 Å². The topological polar surface area (TPSA) is 34.1 Å². The molecule has 2 heterocycles. The summed E-state index contributed by atoms with van der Waals surface area (Å²) in [6, 6.07) is 1.08. The maximum absolute atomic E-state index is 12.5. The van der Waals surface area contributed by atoms with Crippen molar-refractivity contribution in [3.05, 3.63) is 23.4 Å². The van der Waals surface area contributed by atoms with Crippen molar-refractivity contribution in [1.29, 1.82) is 0 Å². The highest BCUT2D eigenvalue weighted by Crippen LogP contribution is 2.48. The second-order valence-corrected chi connectivity index (χ2v) is 5.30. The highest BCUT2D eigenvalue weighted by atomic mass is 19.4. The van der Waals surface area contributed by atoms with Gasteiger partial charge in [0.1, 0.15) is 0 Å². The van der Waals surface area contributed by atoms with Gasteiger partial charge in [-0.15, -0.1) is 0 Å². The van der Waals surface area contributed by atoms with Gasteiger partial charge in [-0.05, 0) is 37.9 Å². The Morgan fingerprint density at radius 3 is 2.63 bits per heavy atom. The highest BCUT2D eigenvalue weighted by Gasteiger charge is 2.53. The Morgan fingerprint density at radius 2 is 2.05 bits per heavy atom. The monoisotopic (exact) mass is 272 g/mol. The number of alkyl halides is 3. The van der Waals surface area contributed by atoms with E-state index in [1.807, 2.05) is 0 Å². The van der Waals surface area contributed by atoms with Gasteiger partial charge in [0.15, 0.2) is 0 Å². The number of nitrogens with zero attached hydrogens (tertiary/aromatic N) is 1. The second kappa shape index (κ2) is 4.37. The van der Waals surface area contributed by atoms with Gasteiger partial charge in [0.05, 0.1) is 12.2 Å².